The zero-order chi connectivity index (χ0) is 17.5. The normalized spacial score (nSPS) is 16.1. The third-order valence-electron chi connectivity index (χ3n) is 3.73. The van der Waals surface area contributed by atoms with Crippen LogP contribution in [0.3, 0.4) is 0 Å². The number of halogens is 2. The third-order valence-corrected chi connectivity index (χ3v) is 4.54. The summed E-state index contributed by atoms with van der Waals surface area (Å²) in [6.45, 7) is 4.28. The van der Waals surface area contributed by atoms with Crippen molar-refractivity contribution in [1.82, 2.24) is 5.32 Å². The molecule has 1 aromatic carbocycles. The third kappa shape index (κ3) is 2.86. The Morgan fingerprint density at radius 2 is 1.87 bits per heavy atom. The first kappa shape index (κ1) is 17.5. The van der Waals surface area contributed by atoms with Crippen LogP contribution in [0.5, 0.6) is 0 Å². The number of benzene rings is 1. The van der Waals surface area contributed by atoms with E-state index in [1.165, 1.54) is 19.1 Å². The van der Waals surface area contributed by atoms with Crippen molar-refractivity contribution >= 4 is 46.4 Å². The van der Waals surface area contributed by atoms with Gasteiger partial charge < -0.3 is 10.4 Å². The highest BCUT2D eigenvalue weighted by molar-refractivity contribution is 6.43. The monoisotopic (exact) mass is 355 g/mol. The Hall–Kier alpha value is -1.85. The van der Waals surface area contributed by atoms with Gasteiger partial charge in [0, 0.05) is 5.56 Å². The molecule has 1 aromatic rings. The Kier molecular flexibility index (Phi) is 4.55. The molecule has 0 heterocycles. The number of fused-ring (bicyclic) bond motifs is 1. The fourth-order valence-corrected chi connectivity index (χ4v) is 3.09. The largest absolute Gasteiger partial charge is 0.506 e. The lowest BCUT2D eigenvalue weighted by atomic mass is 9.71. The number of aliphatic hydroxyl groups is 1. The molecule has 0 saturated heterocycles. The summed E-state index contributed by atoms with van der Waals surface area (Å²) in [5.74, 6) is -2.12. The van der Waals surface area contributed by atoms with E-state index in [0.717, 1.165) is 0 Å². The van der Waals surface area contributed by atoms with Crippen molar-refractivity contribution in [1.29, 1.82) is 0 Å². The van der Waals surface area contributed by atoms with E-state index in [9.17, 15) is 19.5 Å². The molecule has 23 heavy (non-hydrogen) atoms. The summed E-state index contributed by atoms with van der Waals surface area (Å²) in [4.78, 5) is 35.9. The van der Waals surface area contributed by atoms with Crippen LogP contribution in [-0.2, 0) is 19.8 Å². The first-order valence-corrected chi connectivity index (χ1v) is 7.59. The van der Waals surface area contributed by atoms with Crippen molar-refractivity contribution in [3.05, 3.63) is 38.9 Å². The molecule has 7 heteroatoms. The lowest BCUT2D eigenvalue weighted by Crippen LogP contribution is -2.42. The Morgan fingerprint density at radius 1 is 1.26 bits per heavy atom. The fourth-order valence-electron chi connectivity index (χ4n) is 2.53. The molecule has 0 atom stereocenters. The average Bonchev–Trinajstić information content (AvgIpc) is 2.46. The second-order valence-corrected chi connectivity index (χ2v) is 6.63. The molecule has 2 N–H and O–H groups in total. The van der Waals surface area contributed by atoms with Crippen LogP contribution < -0.4 is 5.32 Å². The van der Waals surface area contributed by atoms with E-state index in [1.54, 1.807) is 13.8 Å². The minimum atomic E-state index is -1.15. The van der Waals surface area contributed by atoms with E-state index in [0.29, 0.717) is 5.56 Å². The summed E-state index contributed by atoms with van der Waals surface area (Å²) in [5, 5.41) is 13.1. The van der Waals surface area contributed by atoms with Crippen LogP contribution in [0.25, 0.3) is 5.76 Å². The summed E-state index contributed by atoms with van der Waals surface area (Å²) in [6, 6.07) is 2.99. The van der Waals surface area contributed by atoms with Crippen LogP contribution in [0.2, 0.25) is 10.0 Å². The predicted octanol–water partition coefficient (Wildman–Crippen LogP) is 2.83. The molecule has 1 amide bonds. The quantitative estimate of drug-likeness (QED) is 0.816. The Morgan fingerprint density at radius 3 is 2.43 bits per heavy atom. The van der Waals surface area contributed by atoms with Crippen molar-refractivity contribution in [2.24, 2.45) is 0 Å². The van der Waals surface area contributed by atoms with Crippen LogP contribution in [0, 0.1) is 0 Å². The molecule has 1 aliphatic rings. The van der Waals surface area contributed by atoms with Gasteiger partial charge in [-0.2, -0.15) is 0 Å². The van der Waals surface area contributed by atoms with Gasteiger partial charge >= 0.3 is 0 Å². The lowest BCUT2D eigenvalue weighted by molar-refractivity contribution is -0.126. The van der Waals surface area contributed by atoms with Crippen LogP contribution >= 0.6 is 23.2 Å². The van der Waals surface area contributed by atoms with Crippen molar-refractivity contribution in [2.75, 3.05) is 6.54 Å². The van der Waals surface area contributed by atoms with E-state index in [-0.39, 0.29) is 33.5 Å². The molecule has 1 aliphatic carbocycles. The number of aliphatic hydroxyl groups excluding tert-OH is 1. The smallest absolute Gasteiger partial charge is 0.259 e. The summed E-state index contributed by atoms with van der Waals surface area (Å²) >= 11 is 12.2. The van der Waals surface area contributed by atoms with Crippen LogP contribution in [0.4, 0.5) is 0 Å². The maximum Gasteiger partial charge on any atom is 0.259 e. The first-order chi connectivity index (χ1) is 10.6. The Balaban J connectivity index is 2.64. The number of nitrogens with one attached hydrogen (secondary N) is 1. The number of ketones is 2. The van der Waals surface area contributed by atoms with Gasteiger partial charge in [0.05, 0.1) is 22.0 Å². The molecule has 0 radical (unpaired) electrons. The summed E-state index contributed by atoms with van der Waals surface area (Å²) in [7, 11) is 0. The Labute approximate surface area is 143 Å². The number of amides is 1. The highest BCUT2D eigenvalue weighted by Crippen LogP contribution is 2.45. The summed E-state index contributed by atoms with van der Waals surface area (Å²) in [5.41, 5.74) is -0.886. The second-order valence-electron chi connectivity index (χ2n) is 5.85. The van der Waals surface area contributed by atoms with Crippen molar-refractivity contribution in [3.63, 3.8) is 0 Å². The number of carbonyl (C=O) groups excluding carboxylic acids is 3. The van der Waals surface area contributed by atoms with Gasteiger partial charge in [0.15, 0.2) is 5.78 Å². The fraction of sp³-hybridized carbons (Fsp3) is 0.312. The van der Waals surface area contributed by atoms with Gasteiger partial charge in [-0.1, -0.05) is 23.2 Å². The number of Topliss-reactive ketones (excluding diaryl/α,β-unsaturated/α-hetero) is 2. The molecule has 2 rings (SSSR count). The molecule has 5 nitrogen and oxygen atoms in total. The number of hydrogen-bond acceptors (Lipinski definition) is 4. The first-order valence-electron chi connectivity index (χ1n) is 6.83. The minimum absolute atomic E-state index is 0.164. The standard InChI is InChI=1S/C16H15Cl2NO4/c1-7(20)6-19-15(23)10-13(21)8-4-5-9(17)12(18)11(8)16(2,3)14(10)22/h4-5,21H,6H2,1-3H3,(H,19,23). The van der Waals surface area contributed by atoms with Gasteiger partial charge in [-0.3, -0.25) is 14.4 Å². The molecule has 0 fully saturated rings. The van der Waals surface area contributed by atoms with Crippen LogP contribution in [-0.4, -0.2) is 29.1 Å². The Bertz CT molecular complexity index is 766. The average molecular weight is 356 g/mol. The zero-order valence-electron chi connectivity index (χ0n) is 12.8. The zero-order valence-corrected chi connectivity index (χ0v) is 14.3. The van der Waals surface area contributed by atoms with Crippen molar-refractivity contribution < 1.29 is 19.5 Å². The van der Waals surface area contributed by atoms with E-state index >= 15 is 0 Å². The lowest BCUT2D eigenvalue weighted by Gasteiger charge is -2.32. The molecular weight excluding hydrogens is 341 g/mol. The topological polar surface area (TPSA) is 83.5 Å². The SMILES string of the molecule is CC(=O)CNC(=O)C1=C(O)c2ccc(Cl)c(Cl)c2C(C)(C)C1=O. The maximum absolute atomic E-state index is 12.7. The van der Waals surface area contributed by atoms with E-state index in [1.807, 2.05) is 0 Å². The minimum Gasteiger partial charge on any atom is -0.506 e. The molecule has 122 valence electrons. The van der Waals surface area contributed by atoms with Crippen LogP contribution in [0.15, 0.2) is 17.7 Å². The highest BCUT2D eigenvalue weighted by Gasteiger charge is 2.44. The van der Waals surface area contributed by atoms with Gasteiger partial charge in [0.1, 0.15) is 17.1 Å². The molecule has 0 bridgehead atoms. The highest BCUT2D eigenvalue weighted by atomic mass is 35.5. The van der Waals surface area contributed by atoms with E-state index in [2.05, 4.69) is 5.32 Å². The van der Waals surface area contributed by atoms with E-state index in [4.69, 9.17) is 23.2 Å². The number of hydrogen-bond donors (Lipinski definition) is 2. The number of rotatable bonds is 3. The van der Waals surface area contributed by atoms with Crippen molar-refractivity contribution in [2.45, 2.75) is 26.2 Å². The molecular formula is C16H15Cl2NO4. The predicted molar refractivity (Wildman–Crippen MR) is 87.7 cm³/mol. The van der Waals surface area contributed by atoms with Gasteiger partial charge in [-0.15, -0.1) is 0 Å². The molecule has 0 spiro atoms. The van der Waals surface area contributed by atoms with Gasteiger partial charge in [0.25, 0.3) is 5.91 Å². The second kappa shape index (κ2) is 5.98. The molecule has 0 aromatic heterocycles. The maximum atomic E-state index is 12.7. The molecule has 0 saturated carbocycles. The van der Waals surface area contributed by atoms with Gasteiger partial charge in [-0.05, 0) is 38.5 Å². The van der Waals surface area contributed by atoms with Crippen molar-refractivity contribution in [3.8, 4) is 0 Å². The summed E-state index contributed by atoms with van der Waals surface area (Å²) < 4.78 is 0. The number of carbonyl (C=O) groups is 3. The van der Waals surface area contributed by atoms with Gasteiger partial charge in [-0.25, -0.2) is 0 Å². The molecule has 0 unspecified atom stereocenters. The van der Waals surface area contributed by atoms with Crippen LogP contribution in [0.1, 0.15) is 31.9 Å². The van der Waals surface area contributed by atoms with Gasteiger partial charge in [0.2, 0.25) is 0 Å². The summed E-state index contributed by atoms with van der Waals surface area (Å²) in [6.07, 6.45) is 0. The molecule has 0 aliphatic heterocycles. The van der Waals surface area contributed by atoms with E-state index < -0.39 is 22.9 Å².